The summed E-state index contributed by atoms with van der Waals surface area (Å²) < 4.78 is 11.2. The highest BCUT2D eigenvalue weighted by Gasteiger charge is 2.44. The number of carbonyl (C=O) groups is 1. The van der Waals surface area contributed by atoms with E-state index in [2.05, 4.69) is 0 Å². The highest BCUT2D eigenvalue weighted by molar-refractivity contribution is 5.93. The Kier molecular flexibility index (Phi) is 1.75. The molecule has 0 bridgehead atoms. The second-order valence-corrected chi connectivity index (χ2v) is 4.11. The molecule has 2 aliphatic rings. The van der Waals surface area contributed by atoms with Crippen LogP contribution in [0.15, 0.2) is 24.3 Å². The van der Waals surface area contributed by atoms with Crippen molar-refractivity contribution in [3.05, 3.63) is 29.8 Å². The summed E-state index contributed by atoms with van der Waals surface area (Å²) in [5.74, 6) is -0.250. The molecule has 1 heterocycles. The summed E-state index contributed by atoms with van der Waals surface area (Å²) >= 11 is 0. The van der Waals surface area contributed by atoms with Crippen LogP contribution in [0.2, 0.25) is 0 Å². The summed E-state index contributed by atoms with van der Waals surface area (Å²) in [6, 6.07) is 7.26. The molecule has 3 nitrogen and oxygen atoms in total. The lowest BCUT2D eigenvalue weighted by molar-refractivity contribution is -0.148. The van der Waals surface area contributed by atoms with Gasteiger partial charge in [0.1, 0.15) is 11.3 Å². The Morgan fingerprint density at radius 3 is 2.60 bits per heavy atom. The van der Waals surface area contributed by atoms with Crippen LogP contribution < -0.4 is 4.74 Å². The third-order valence-corrected chi connectivity index (χ3v) is 3.05. The van der Waals surface area contributed by atoms with Gasteiger partial charge in [0.25, 0.3) is 5.79 Å². The number of benzene rings is 1. The fourth-order valence-electron chi connectivity index (χ4n) is 2.29. The van der Waals surface area contributed by atoms with Crippen LogP contribution in [0.1, 0.15) is 36.0 Å². The number of hydrogen-bond donors (Lipinski definition) is 0. The third kappa shape index (κ3) is 1.30. The number of carbonyl (C=O) groups excluding carboxylic acids is 1. The second kappa shape index (κ2) is 2.99. The fraction of sp³-hybridized carbons (Fsp3) is 0.417. The van der Waals surface area contributed by atoms with Crippen LogP contribution in [0, 0.1) is 0 Å². The van der Waals surface area contributed by atoms with Gasteiger partial charge in [0.2, 0.25) is 0 Å². The standard InChI is InChI=1S/C12H12O3/c13-11-9-5-1-2-6-10(9)14-12(15-11)7-3-4-8-12/h1-2,5-6H,3-4,7-8H2. The van der Waals surface area contributed by atoms with Gasteiger partial charge in [0, 0.05) is 12.8 Å². The van der Waals surface area contributed by atoms with Crippen molar-refractivity contribution >= 4 is 5.97 Å². The lowest BCUT2D eigenvalue weighted by Gasteiger charge is -2.34. The molecule has 1 aromatic rings. The van der Waals surface area contributed by atoms with Crippen LogP contribution in [0.3, 0.4) is 0 Å². The predicted molar refractivity (Wildman–Crippen MR) is 53.7 cm³/mol. The molecule has 1 aliphatic carbocycles. The molecule has 0 unspecified atom stereocenters. The highest BCUT2D eigenvalue weighted by atomic mass is 16.7. The van der Waals surface area contributed by atoms with Crippen LogP contribution in [0.25, 0.3) is 0 Å². The maximum Gasteiger partial charge on any atom is 0.345 e. The number of para-hydroxylation sites is 1. The van der Waals surface area contributed by atoms with Gasteiger partial charge in [-0.1, -0.05) is 12.1 Å². The van der Waals surface area contributed by atoms with Crippen LogP contribution >= 0.6 is 0 Å². The minimum atomic E-state index is -0.661. The Balaban J connectivity index is 2.02. The molecule has 1 fully saturated rings. The number of rotatable bonds is 0. The van der Waals surface area contributed by atoms with Gasteiger partial charge >= 0.3 is 5.97 Å². The van der Waals surface area contributed by atoms with E-state index in [1.54, 1.807) is 6.07 Å². The minimum Gasteiger partial charge on any atom is -0.451 e. The van der Waals surface area contributed by atoms with Crippen LogP contribution in [-0.4, -0.2) is 11.8 Å². The SMILES string of the molecule is O=C1OC2(CCCC2)Oc2ccccc21. The Morgan fingerprint density at radius 2 is 1.80 bits per heavy atom. The summed E-state index contributed by atoms with van der Waals surface area (Å²) in [5.41, 5.74) is 0.537. The molecule has 0 radical (unpaired) electrons. The van der Waals surface area contributed by atoms with Gasteiger partial charge in [-0.3, -0.25) is 0 Å². The molecule has 3 rings (SSSR count). The Morgan fingerprint density at radius 1 is 1.07 bits per heavy atom. The fourth-order valence-corrected chi connectivity index (χ4v) is 2.29. The lowest BCUT2D eigenvalue weighted by Crippen LogP contribution is -2.42. The maximum atomic E-state index is 11.7. The van der Waals surface area contributed by atoms with E-state index in [4.69, 9.17) is 9.47 Å². The largest absolute Gasteiger partial charge is 0.451 e. The van der Waals surface area contributed by atoms with Gasteiger partial charge < -0.3 is 9.47 Å². The van der Waals surface area contributed by atoms with E-state index in [9.17, 15) is 4.79 Å². The van der Waals surface area contributed by atoms with Crippen molar-refractivity contribution in [2.45, 2.75) is 31.5 Å². The van der Waals surface area contributed by atoms with Crippen molar-refractivity contribution in [1.29, 1.82) is 0 Å². The van der Waals surface area contributed by atoms with Gasteiger partial charge in [-0.25, -0.2) is 4.79 Å². The first-order valence-electron chi connectivity index (χ1n) is 5.31. The smallest absolute Gasteiger partial charge is 0.345 e. The molecule has 1 saturated carbocycles. The molecule has 0 atom stereocenters. The van der Waals surface area contributed by atoms with Crippen molar-refractivity contribution in [1.82, 2.24) is 0 Å². The number of ether oxygens (including phenoxy) is 2. The first-order chi connectivity index (χ1) is 7.29. The summed E-state index contributed by atoms with van der Waals surface area (Å²) in [5, 5.41) is 0. The molecule has 0 N–H and O–H groups in total. The second-order valence-electron chi connectivity index (χ2n) is 4.11. The van der Waals surface area contributed by atoms with Gasteiger partial charge in [0.15, 0.2) is 0 Å². The van der Waals surface area contributed by atoms with E-state index in [0.717, 1.165) is 25.7 Å². The molecule has 1 aromatic carbocycles. The molecule has 1 spiro atoms. The first kappa shape index (κ1) is 8.77. The van der Waals surface area contributed by atoms with E-state index in [1.165, 1.54) is 0 Å². The quantitative estimate of drug-likeness (QED) is 0.609. The molecular weight excluding hydrogens is 192 g/mol. The molecule has 78 valence electrons. The Labute approximate surface area is 88.0 Å². The Hall–Kier alpha value is -1.51. The normalized spacial score (nSPS) is 22.0. The van der Waals surface area contributed by atoms with Crippen molar-refractivity contribution in [3.8, 4) is 5.75 Å². The summed E-state index contributed by atoms with van der Waals surface area (Å²) in [7, 11) is 0. The third-order valence-electron chi connectivity index (χ3n) is 3.05. The summed E-state index contributed by atoms with van der Waals surface area (Å²) in [4.78, 5) is 11.7. The van der Waals surface area contributed by atoms with Crippen molar-refractivity contribution in [2.24, 2.45) is 0 Å². The number of fused-ring (bicyclic) bond motifs is 1. The average molecular weight is 204 g/mol. The molecule has 0 saturated heterocycles. The van der Waals surface area contributed by atoms with E-state index in [-0.39, 0.29) is 5.97 Å². The monoisotopic (exact) mass is 204 g/mol. The van der Waals surface area contributed by atoms with Crippen LogP contribution in [0.4, 0.5) is 0 Å². The topological polar surface area (TPSA) is 35.5 Å². The lowest BCUT2D eigenvalue weighted by atomic mass is 10.1. The maximum absolute atomic E-state index is 11.7. The Bertz CT molecular complexity index is 405. The van der Waals surface area contributed by atoms with Gasteiger partial charge in [-0.2, -0.15) is 0 Å². The summed E-state index contributed by atoms with van der Waals surface area (Å²) in [6.07, 6.45) is 3.76. The van der Waals surface area contributed by atoms with E-state index in [0.29, 0.717) is 11.3 Å². The van der Waals surface area contributed by atoms with Crippen LogP contribution in [0.5, 0.6) is 5.75 Å². The zero-order valence-electron chi connectivity index (χ0n) is 8.36. The van der Waals surface area contributed by atoms with Crippen molar-refractivity contribution in [2.75, 3.05) is 0 Å². The van der Waals surface area contributed by atoms with Gasteiger partial charge in [-0.05, 0) is 25.0 Å². The zero-order valence-corrected chi connectivity index (χ0v) is 8.36. The van der Waals surface area contributed by atoms with Crippen molar-refractivity contribution in [3.63, 3.8) is 0 Å². The van der Waals surface area contributed by atoms with Crippen LogP contribution in [-0.2, 0) is 4.74 Å². The molecular formula is C12H12O3. The molecule has 0 aromatic heterocycles. The highest BCUT2D eigenvalue weighted by Crippen LogP contribution is 2.40. The zero-order chi connectivity index (χ0) is 10.3. The first-order valence-corrected chi connectivity index (χ1v) is 5.31. The van der Waals surface area contributed by atoms with E-state index < -0.39 is 5.79 Å². The van der Waals surface area contributed by atoms with Gasteiger partial charge in [0.05, 0.1) is 0 Å². The number of hydrogen-bond acceptors (Lipinski definition) is 3. The summed E-state index contributed by atoms with van der Waals surface area (Å²) in [6.45, 7) is 0. The minimum absolute atomic E-state index is 0.251. The average Bonchev–Trinajstić information content (AvgIpc) is 2.66. The molecule has 15 heavy (non-hydrogen) atoms. The van der Waals surface area contributed by atoms with Crippen molar-refractivity contribution < 1.29 is 14.3 Å². The van der Waals surface area contributed by atoms with E-state index >= 15 is 0 Å². The molecule has 3 heteroatoms. The molecule has 0 amide bonds. The number of esters is 1. The molecule has 1 aliphatic heterocycles. The van der Waals surface area contributed by atoms with Gasteiger partial charge in [-0.15, -0.1) is 0 Å². The van der Waals surface area contributed by atoms with E-state index in [1.807, 2.05) is 18.2 Å². The predicted octanol–water partition coefficient (Wildman–Crippen LogP) is 2.51.